The van der Waals surface area contributed by atoms with Gasteiger partial charge in [0, 0.05) is 10.2 Å². The zero-order valence-electron chi connectivity index (χ0n) is 9.97. The molecule has 2 aromatic rings. The van der Waals surface area contributed by atoms with Gasteiger partial charge in [-0.25, -0.2) is 0 Å². The number of nitrogens with zero attached hydrogens (tertiary/aromatic N) is 1. The quantitative estimate of drug-likeness (QED) is 0.661. The average molecular weight is 296 g/mol. The fraction of sp³-hybridized carbons (Fsp3) is 0.250. The van der Waals surface area contributed by atoms with Crippen LogP contribution in [-0.2, 0) is 0 Å². The molecule has 0 aliphatic rings. The van der Waals surface area contributed by atoms with Gasteiger partial charge in [0.15, 0.2) is 0 Å². The summed E-state index contributed by atoms with van der Waals surface area (Å²) in [6.45, 7) is 3.94. The fourth-order valence-electron chi connectivity index (χ4n) is 1.87. The molecule has 3 N–H and O–H groups in total. The van der Waals surface area contributed by atoms with Crippen molar-refractivity contribution in [2.75, 3.05) is 12.5 Å². The Labute approximate surface area is 108 Å². The van der Waals surface area contributed by atoms with Crippen LogP contribution in [0.4, 0.5) is 5.69 Å². The second-order valence-electron chi connectivity index (χ2n) is 3.81. The summed E-state index contributed by atoms with van der Waals surface area (Å²) in [6.07, 6.45) is 0. The lowest BCUT2D eigenvalue weighted by atomic mass is 10.1. The molecule has 4 nitrogen and oxygen atoms in total. The molecule has 0 saturated carbocycles. The maximum Gasteiger partial charge on any atom is 0.130 e. The van der Waals surface area contributed by atoms with E-state index in [0.29, 0.717) is 0 Å². The normalized spacial score (nSPS) is 10.6. The molecule has 0 unspecified atom stereocenters. The van der Waals surface area contributed by atoms with Crippen LogP contribution in [0.25, 0.3) is 10.9 Å². The number of hydrogen-bond donors (Lipinski definition) is 2. The van der Waals surface area contributed by atoms with E-state index in [0.717, 1.165) is 38.1 Å². The van der Waals surface area contributed by atoms with E-state index in [9.17, 15) is 0 Å². The first-order valence-corrected chi connectivity index (χ1v) is 5.99. The molecule has 90 valence electrons. The summed E-state index contributed by atoms with van der Waals surface area (Å²) in [6, 6.07) is 3.81. The molecule has 0 radical (unpaired) electrons. The molecule has 0 aliphatic heterocycles. The number of aromatic nitrogens is 1. The maximum atomic E-state index is 5.61. The molecule has 5 heteroatoms. The van der Waals surface area contributed by atoms with E-state index < -0.39 is 0 Å². The summed E-state index contributed by atoms with van der Waals surface area (Å²) >= 11 is 3.50. The molecule has 1 heterocycles. The number of nitrogen functional groups attached to an aromatic ring is 1. The Morgan fingerprint density at radius 3 is 2.65 bits per heavy atom. The highest BCUT2D eigenvalue weighted by Gasteiger charge is 2.14. The smallest absolute Gasteiger partial charge is 0.130 e. The van der Waals surface area contributed by atoms with Crippen LogP contribution in [-0.4, -0.2) is 12.1 Å². The van der Waals surface area contributed by atoms with Gasteiger partial charge in [-0.05, 0) is 47.5 Å². The van der Waals surface area contributed by atoms with Crippen molar-refractivity contribution in [3.05, 3.63) is 27.9 Å². The van der Waals surface area contributed by atoms with Crippen molar-refractivity contribution in [2.45, 2.75) is 13.8 Å². The Bertz CT molecular complexity index is 584. The third kappa shape index (κ3) is 1.85. The lowest BCUT2D eigenvalue weighted by molar-refractivity contribution is 0.420. The van der Waals surface area contributed by atoms with E-state index in [1.165, 1.54) is 0 Å². The van der Waals surface area contributed by atoms with Crippen LogP contribution in [0.2, 0.25) is 0 Å². The van der Waals surface area contributed by atoms with Gasteiger partial charge >= 0.3 is 0 Å². The van der Waals surface area contributed by atoms with Gasteiger partial charge in [0.05, 0.1) is 23.7 Å². The van der Waals surface area contributed by atoms with Crippen molar-refractivity contribution in [3.8, 4) is 5.75 Å². The highest BCUT2D eigenvalue weighted by molar-refractivity contribution is 9.10. The standard InChI is InChI=1S/C12H14BrN3O/c1-6-7(2)15-12-8(13)4-5-9(17-3)10(12)11(6)16-14/h4-5H,14H2,1-3H3,(H,15,16). The zero-order chi connectivity index (χ0) is 12.6. The highest BCUT2D eigenvalue weighted by atomic mass is 79.9. The summed E-state index contributed by atoms with van der Waals surface area (Å²) in [5, 5.41) is 0.896. The van der Waals surface area contributed by atoms with Gasteiger partial charge in [-0.3, -0.25) is 10.8 Å². The molecule has 0 bridgehead atoms. The zero-order valence-corrected chi connectivity index (χ0v) is 11.6. The Morgan fingerprint density at radius 2 is 2.06 bits per heavy atom. The number of fused-ring (bicyclic) bond motifs is 1. The molecule has 17 heavy (non-hydrogen) atoms. The molecule has 0 atom stereocenters. The average Bonchev–Trinajstić information content (AvgIpc) is 2.33. The van der Waals surface area contributed by atoms with Gasteiger partial charge in [-0.1, -0.05) is 0 Å². The number of aryl methyl sites for hydroxylation is 1. The second kappa shape index (κ2) is 4.50. The predicted octanol–water partition coefficient (Wildman–Crippen LogP) is 2.91. The van der Waals surface area contributed by atoms with Crippen LogP contribution in [0, 0.1) is 13.8 Å². The topological polar surface area (TPSA) is 60.2 Å². The lowest BCUT2D eigenvalue weighted by Crippen LogP contribution is -2.11. The van der Waals surface area contributed by atoms with Crippen LogP contribution < -0.4 is 16.0 Å². The third-order valence-corrected chi connectivity index (χ3v) is 3.54. The number of hydrazine groups is 1. The number of methoxy groups -OCH3 is 1. The number of nitrogens with one attached hydrogen (secondary N) is 1. The first-order valence-electron chi connectivity index (χ1n) is 5.20. The van der Waals surface area contributed by atoms with Gasteiger partial charge in [-0.15, -0.1) is 0 Å². The number of hydrogen-bond acceptors (Lipinski definition) is 4. The van der Waals surface area contributed by atoms with E-state index in [2.05, 4.69) is 26.3 Å². The van der Waals surface area contributed by atoms with Crippen molar-refractivity contribution in [2.24, 2.45) is 5.84 Å². The predicted molar refractivity (Wildman–Crippen MR) is 73.3 cm³/mol. The number of nitrogens with two attached hydrogens (primary N) is 1. The van der Waals surface area contributed by atoms with Gasteiger partial charge < -0.3 is 10.2 Å². The van der Waals surface area contributed by atoms with Crippen molar-refractivity contribution in [1.29, 1.82) is 0 Å². The molecular formula is C12H14BrN3O. The van der Waals surface area contributed by atoms with E-state index in [1.54, 1.807) is 7.11 Å². The molecule has 0 saturated heterocycles. The summed E-state index contributed by atoms with van der Waals surface area (Å²) in [5.41, 5.74) is 6.41. The van der Waals surface area contributed by atoms with E-state index in [1.807, 2.05) is 26.0 Å². The number of anilines is 1. The maximum absolute atomic E-state index is 5.61. The van der Waals surface area contributed by atoms with Crippen LogP contribution in [0.15, 0.2) is 16.6 Å². The van der Waals surface area contributed by atoms with Crippen LogP contribution >= 0.6 is 15.9 Å². The molecule has 0 spiro atoms. The largest absolute Gasteiger partial charge is 0.496 e. The van der Waals surface area contributed by atoms with E-state index in [-0.39, 0.29) is 0 Å². The number of rotatable bonds is 2. The monoisotopic (exact) mass is 295 g/mol. The minimum Gasteiger partial charge on any atom is -0.496 e. The summed E-state index contributed by atoms with van der Waals surface area (Å²) in [4.78, 5) is 4.57. The second-order valence-corrected chi connectivity index (χ2v) is 4.67. The molecule has 0 aliphatic carbocycles. The Balaban J connectivity index is 2.99. The van der Waals surface area contributed by atoms with Crippen molar-refractivity contribution < 1.29 is 4.74 Å². The number of ether oxygens (including phenoxy) is 1. The minimum absolute atomic E-state index is 0.756. The SMILES string of the molecule is COc1ccc(Br)c2nc(C)c(C)c(NN)c12. The number of pyridine rings is 1. The minimum atomic E-state index is 0.756. The van der Waals surface area contributed by atoms with Crippen molar-refractivity contribution in [1.82, 2.24) is 4.98 Å². The molecule has 2 rings (SSSR count). The van der Waals surface area contributed by atoms with Gasteiger partial charge in [0.1, 0.15) is 5.75 Å². The first kappa shape index (κ1) is 12.1. The molecule has 0 fully saturated rings. The molecular weight excluding hydrogens is 282 g/mol. The summed E-state index contributed by atoms with van der Waals surface area (Å²) in [7, 11) is 1.64. The van der Waals surface area contributed by atoms with Crippen molar-refractivity contribution in [3.63, 3.8) is 0 Å². The Hall–Kier alpha value is -1.33. The molecule has 1 aromatic carbocycles. The van der Waals surface area contributed by atoms with E-state index >= 15 is 0 Å². The van der Waals surface area contributed by atoms with Crippen molar-refractivity contribution >= 4 is 32.5 Å². The van der Waals surface area contributed by atoms with Crippen LogP contribution in [0.3, 0.4) is 0 Å². The Morgan fingerprint density at radius 1 is 1.35 bits per heavy atom. The van der Waals surface area contributed by atoms with E-state index in [4.69, 9.17) is 10.6 Å². The fourth-order valence-corrected chi connectivity index (χ4v) is 2.29. The third-order valence-electron chi connectivity index (χ3n) is 2.90. The van der Waals surface area contributed by atoms with Gasteiger partial charge in [0.25, 0.3) is 0 Å². The molecule has 1 aromatic heterocycles. The summed E-state index contributed by atoms with van der Waals surface area (Å²) < 4.78 is 6.29. The number of benzene rings is 1. The Kier molecular flexibility index (Phi) is 3.22. The number of halogens is 1. The molecule has 0 amide bonds. The van der Waals surface area contributed by atoms with Gasteiger partial charge in [-0.2, -0.15) is 0 Å². The highest BCUT2D eigenvalue weighted by Crippen LogP contribution is 2.37. The first-order chi connectivity index (χ1) is 8.10. The summed E-state index contributed by atoms with van der Waals surface area (Å²) in [5.74, 6) is 6.37. The lowest BCUT2D eigenvalue weighted by Gasteiger charge is -2.15. The van der Waals surface area contributed by atoms with Crippen LogP contribution in [0.5, 0.6) is 5.75 Å². The van der Waals surface area contributed by atoms with Gasteiger partial charge in [0.2, 0.25) is 0 Å². The van der Waals surface area contributed by atoms with Crippen LogP contribution in [0.1, 0.15) is 11.3 Å².